The number of nitrogens with one attached hydrogen (secondary N) is 1. The van der Waals surface area contributed by atoms with Crippen LogP contribution >= 0.6 is 27.3 Å². The first-order valence-corrected chi connectivity index (χ1v) is 8.82. The van der Waals surface area contributed by atoms with Crippen LogP contribution in [0.25, 0.3) is 0 Å². The second-order valence-electron chi connectivity index (χ2n) is 5.84. The topological polar surface area (TPSA) is 12.0 Å². The molecule has 1 aromatic heterocycles. The summed E-state index contributed by atoms with van der Waals surface area (Å²) in [6.45, 7) is 5.61. The first-order valence-electron chi connectivity index (χ1n) is 7.21. The first-order chi connectivity index (χ1) is 8.72. The quantitative estimate of drug-likeness (QED) is 0.810. The third-order valence-corrected chi connectivity index (χ3v) is 6.64. The van der Waals surface area contributed by atoms with Crippen molar-refractivity contribution in [1.29, 1.82) is 0 Å². The minimum absolute atomic E-state index is 0.605. The van der Waals surface area contributed by atoms with Crippen LogP contribution in [0.2, 0.25) is 0 Å². The molecule has 0 spiro atoms. The van der Waals surface area contributed by atoms with Gasteiger partial charge in [0.05, 0.1) is 0 Å². The van der Waals surface area contributed by atoms with Crippen LogP contribution in [0, 0.1) is 24.7 Å². The smallest absolute Gasteiger partial charge is 0.0460 e. The zero-order valence-corrected chi connectivity index (χ0v) is 13.6. The van der Waals surface area contributed by atoms with Gasteiger partial charge in [0.2, 0.25) is 0 Å². The molecule has 3 rings (SSSR count). The maximum atomic E-state index is 3.81. The highest BCUT2D eigenvalue weighted by Gasteiger charge is 2.56. The lowest BCUT2D eigenvalue weighted by molar-refractivity contribution is 0.422. The van der Waals surface area contributed by atoms with Crippen molar-refractivity contribution in [2.24, 2.45) is 17.8 Å². The molecular formula is C15H22BrNS. The molecule has 18 heavy (non-hydrogen) atoms. The number of hydrogen-bond donors (Lipinski definition) is 1. The van der Waals surface area contributed by atoms with E-state index in [0.29, 0.717) is 6.04 Å². The predicted octanol–water partition coefficient (Wildman–Crippen LogP) is 4.91. The van der Waals surface area contributed by atoms with Gasteiger partial charge in [0, 0.05) is 20.3 Å². The molecule has 3 unspecified atom stereocenters. The van der Waals surface area contributed by atoms with Crippen LogP contribution < -0.4 is 5.32 Å². The van der Waals surface area contributed by atoms with Gasteiger partial charge in [-0.15, -0.1) is 11.3 Å². The van der Waals surface area contributed by atoms with Crippen LogP contribution in [0.3, 0.4) is 0 Å². The Morgan fingerprint density at radius 2 is 2.17 bits per heavy atom. The van der Waals surface area contributed by atoms with Gasteiger partial charge in [0.15, 0.2) is 0 Å². The van der Waals surface area contributed by atoms with E-state index in [1.54, 1.807) is 4.88 Å². The van der Waals surface area contributed by atoms with Crippen LogP contribution in [-0.4, -0.2) is 6.54 Å². The van der Waals surface area contributed by atoms with Crippen molar-refractivity contribution >= 4 is 27.3 Å². The fourth-order valence-electron chi connectivity index (χ4n) is 3.79. The van der Waals surface area contributed by atoms with Gasteiger partial charge in [0.25, 0.3) is 0 Å². The molecule has 0 amide bonds. The lowest BCUT2D eigenvalue weighted by Gasteiger charge is -2.20. The summed E-state index contributed by atoms with van der Waals surface area (Å²) in [6, 6.07) is 2.88. The summed E-state index contributed by atoms with van der Waals surface area (Å²) in [5.74, 6) is 2.96. The van der Waals surface area contributed by atoms with Gasteiger partial charge in [-0.3, -0.25) is 0 Å². The Hall–Kier alpha value is 0.140. The second kappa shape index (κ2) is 5.26. The predicted molar refractivity (Wildman–Crippen MR) is 82.1 cm³/mol. The standard InChI is InChI=1S/C15H22BrNS/c1-3-7-17-14(13-10-5-4-6-11(10)13)15-12(16)8-9(2)18-15/h8,10-11,13-14,17H,3-7H2,1-2H3. The maximum Gasteiger partial charge on any atom is 0.0460 e. The zero-order valence-electron chi connectivity index (χ0n) is 11.2. The second-order valence-corrected chi connectivity index (χ2v) is 7.98. The Morgan fingerprint density at radius 1 is 1.44 bits per heavy atom. The molecular weight excluding hydrogens is 306 g/mol. The largest absolute Gasteiger partial charge is 0.309 e. The van der Waals surface area contributed by atoms with Crippen molar-refractivity contribution in [3.05, 3.63) is 20.3 Å². The Labute approximate surface area is 122 Å². The zero-order chi connectivity index (χ0) is 12.7. The van der Waals surface area contributed by atoms with E-state index < -0.39 is 0 Å². The Kier molecular flexibility index (Phi) is 3.84. The summed E-state index contributed by atoms with van der Waals surface area (Å²) in [5, 5.41) is 3.81. The fraction of sp³-hybridized carbons (Fsp3) is 0.733. The van der Waals surface area contributed by atoms with Gasteiger partial charge in [-0.25, -0.2) is 0 Å². The molecule has 100 valence electrons. The van der Waals surface area contributed by atoms with Crippen LogP contribution in [0.15, 0.2) is 10.5 Å². The first kappa shape index (κ1) is 13.1. The van der Waals surface area contributed by atoms with Crippen molar-refractivity contribution in [3.63, 3.8) is 0 Å². The van der Waals surface area contributed by atoms with Crippen LogP contribution in [-0.2, 0) is 0 Å². The van der Waals surface area contributed by atoms with Gasteiger partial charge < -0.3 is 5.32 Å². The molecule has 0 radical (unpaired) electrons. The summed E-state index contributed by atoms with van der Waals surface area (Å²) >= 11 is 5.73. The van der Waals surface area contributed by atoms with Gasteiger partial charge in [0.1, 0.15) is 0 Å². The fourth-order valence-corrected chi connectivity index (χ4v) is 5.82. The molecule has 0 aliphatic heterocycles. The summed E-state index contributed by atoms with van der Waals surface area (Å²) in [6.07, 6.45) is 5.64. The summed E-state index contributed by atoms with van der Waals surface area (Å²) < 4.78 is 1.32. The molecule has 0 saturated heterocycles. The average molecular weight is 328 g/mol. The van der Waals surface area contributed by atoms with Crippen molar-refractivity contribution in [2.75, 3.05) is 6.54 Å². The third-order valence-electron chi connectivity index (χ3n) is 4.59. The monoisotopic (exact) mass is 327 g/mol. The summed E-state index contributed by atoms with van der Waals surface area (Å²) in [4.78, 5) is 2.96. The van der Waals surface area contributed by atoms with E-state index in [1.165, 1.54) is 35.0 Å². The molecule has 2 aliphatic carbocycles. The number of hydrogen-bond acceptors (Lipinski definition) is 2. The van der Waals surface area contributed by atoms with E-state index in [-0.39, 0.29) is 0 Å². The molecule has 2 saturated carbocycles. The van der Waals surface area contributed by atoms with E-state index in [0.717, 1.165) is 24.3 Å². The van der Waals surface area contributed by atoms with Crippen molar-refractivity contribution in [1.82, 2.24) is 5.32 Å². The van der Waals surface area contributed by atoms with Crippen molar-refractivity contribution in [2.45, 2.75) is 45.6 Å². The average Bonchev–Trinajstić information content (AvgIpc) is 2.71. The highest BCUT2D eigenvalue weighted by molar-refractivity contribution is 9.10. The number of halogens is 1. The maximum absolute atomic E-state index is 3.81. The summed E-state index contributed by atoms with van der Waals surface area (Å²) in [7, 11) is 0. The molecule has 1 N–H and O–H groups in total. The molecule has 2 aliphatic rings. The van der Waals surface area contributed by atoms with E-state index in [4.69, 9.17) is 0 Å². The minimum atomic E-state index is 0.605. The van der Waals surface area contributed by atoms with E-state index in [1.807, 2.05) is 11.3 Å². The lowest BCUT2D eigenvalue weighted by atomic mass is 10.0. The molecule has 0 bridgehead atoms. The van der Waals surface area contributed by atoms with Gasteiger partial charge in [-0.05, 0) is 72.5 Å². The molecule has 1 heterocycles. The highest BCUT2D eigenvalue weighted by atomic mass is 79.9. The van der Waals surface area contributed by atoms with E-state index in [9.17, 15) is 0 Å². The minimum Gasteiger partial charge on any atom is -0.309 e. The molecule has 0 aromatic carbocycles. The number of rotatable bonds is 5. The molecule has 3 heteroatoms. The van der Waals surface area contributed by atoms with Gasteiger partial charge >= 0.3 is 0 Å². The van der Waals surface area contributed by atoms with Gasteiger partial charge in [-0.1, -0.05) is 13.3 Å². The Bertz CT molecular complexity index is 418. The lowest BCUT2D eigenvalue weighted by Crippen LogP contribution is -2.25. The van der Waals surface area contributed by atoms with Gasteiger partial charge in [-0.2, -0.15) is 0 Å². The number of fused-ring (bicyclic) bond motifs is 1. The molecule has 1 nitrogen and oxygen atoms in total. The van der Waals surface area contributed by atoms with Crippen LogP contribution in [0.4, 0.5) is 0 Å². The number of aryl methyl sites for hydroxylation is 1. The number of thiophene rings is 1. The van der Waals surface area contributed by atoms with Crippen LogP contribution in [0.1, 0.15) is 48.4 Å². The highest BCUT2D eigenvalue weighted by Crippen LogP contribution is 2.63. The third kappa shape index (κ3) is 2.30. The van der Waals surface area contributed by atoms with Crippen molar-refractivity contribution < 1.29 is 0 Å². The normalized spacial score (nSPS) is 31.4. The van der Waals surface area contributed by atoms with E-state index >= 15 is 0 Å². The summed E-state index contributed by atoms with van der Waals surface area (Å²) in [5.41, 5.74) is 0. The SMILES string of the molecule is CCCNC(c1sc(C)cc1Br)C1C2CCCC21. The molecule has 2 fully saturated rings. The Morgan fingerprint density at radius 3 is 2.72 bits per heavy atom. The van der Waals surface area contributed by atoms with E-state index in [2.05, 4.69) is 41.2 Å². The van der Waals surface area contributed by atoms with Crippen LogP contribution in [0.5, 0.6) is 0 Å². The molecule has 1 aromatic rings. The Balaban J connectivity index is 1.79. The van der Waals surface area contributed by atoms with Crippen molar-refractivity contribution in [3.8, 4) is 0 Å². The molecule has 3 atom stereocenters.